The predicted molar refractivity (Wildman–Crippen MR) is 102 cm³/mol. The van der Waals surface area contributed by atoms with Crippen LogP contribution in [0.15, 0.2) is 18.2 Å². The van der Waals surface area contributed by atoms with Crippen LogP contribution in [0.4, 0.5) is 0 Å². The molecule has 1 spiro atoms. The van der Waals surface area contributed by atoms with E-state index in [0.29, 0.717) is 36.6 Å². The highest BCUT2D eigenvalue weighted by molar-refractivity contribution is 5.98. The first-order valence-electron chi connectivity index (χ1n) is 10.0. The van der Waals surface area contributed by atoms with Crippen molar-refractivity contribution in [2.45, 2.75) is 37.8 Å². The van der Waals surface area contributed by atoms with Crippen molar-refractivity contribution in [2.75, 3.05) is 27.4 Å². The molecule has 0 saturated heterocycles. The van der Waals surface area contributed by atoms with Gasteiger partial charge in [-0.15, -0.1) is 0 Å². The van der Waals surface area contributed by atoms with Gasteiger partial charge in [0.05, 0.1) is 12.7 Å². The molecule has 5 rings (SSSR count). The Morgan fingerprint density at radius 2 is 2.21 bits per heavy atom. The third kappa shape index (κ3) is 3.32. The summed E-state index contributed by atoms with van der Waals surface area (Å²) < 4.78 is 16.7. The van der Waals surface area contributed by atoms with E-state index in [2.05, 4.69) is 10.6 Å². The summed E-state index contributed by atoms with van der Waals surface area (Å²) in [5.41, 5.74) is -0.188. The van der Waals surface area contributed by atoms with E-state index in [4.69, 9.17) is 14.2 Å². The molecule has 1 aliphatic heterocycles. The van der Waals surface area contributed by atoms with Crippen LogP contribution in [-0.4, -0.2) is 44.9 Å². The SMILES string of the molecule is COCCCNC(=O)[C@@H]1C[C@@H]2CC[C@@H]1C[C@@]21NC(=O)c2ccc(OC)cc2O1. The highest BCUT2D eigenvalue weighted by Crippen LogP contribution is 2.52. The minimum atomic E-state index is -0.716. The summed E-state index contributed by atoms with van der Waals surface area (Å²) in [5, 5.41) is 6.17. The molecule has 2 amide bonds. The molecule has 1 heterocycles. The molecule has 0 aromatic heterocycles. The second-order valence-electron chi connectivity index (χ2n) is 8.03. The van der Waals surface area contributed by atoms with Gasteiger partial charge in [0, 0.05) is 44.6 Å². The lowest BCUT2D eigenvalue weighted by atomic mass is 9.60. The van der Waals surface area contributed by atoms with Crippen molar-refractivity contribution in [1.82, 2.24) is 10.6 Å². The first-order valence-corrected chi connectivity index (χ1v) is 10.0. The zero-order chi connectivity index (χ0) is 19.7. The molecule has 2 bridgehead atoms. The number of methoxy groups -OCH3 is 2. The summed E-state index contributed by atoms with van der Waals surface area (Å²) in [5.74, 6) is 1.55. The molecule has 3 fully saturated rings. The molecule has 0 unspecified atom stereocenters. The van der Waals surface area contributed by atoms with Crippen molar-refractivity contribution < 1.29 is 23.8 Å². The van der Waals surface area contributed by atoms with Gasteiger partial charge in [0.1, 0.15) is 11.5 Å². The van der Waals surface area contributed by atoms with E-state index in [1.165, 1.54) is 0 Å². The van der Waals surface area contributed by atoms with Gasteiger partial charge in [-0.3, -0.25) is 9.59 Å². The summed E-state index contributed by atoms with van der Waals surface area (Å²) in [7, 11) is 3.26. The lowest BCUT2D eigenvalue weighted by Crippen LogP contribution is -2.66. The topological polar surface area (TPSA) is 85.9 Å². The quantitative estimate of drug-likeness (QED) is 0.729. The van der Waals surface area contributed by atoms with Gasteiger partial charge < -0.3 is 24.8 Å². The number of benzene rings is 1. The van der Waals surface area contributed by atoms with Crippen molar-refractivity contribution in [1.29, 1.82) is 0 Å². The van der Waals surface area contributed by atoms with Gasteiger partial charge in [-0.1, -0.05) is 0 Å². The Kier molecular flexibility index (Phi) is 5.19. The Labute approximate surface area is 165 Å². The number of carbonyl (C=O) groups excluding carboxylic acids is 2. The molecule has 7 heteroatoms. The molecule has 4 atom stereocenters. The molecule has 152 valence electrons. The average Bonchev–Trinajstić information content (AvgIpc) is 2.70. The van der Waals surface area contributed by atoms with Crippen molar-refractivity contribution in [2.24, 2.45) is 17.8 Å². The Morgan fingerprint density at radius 1 is 1.36 bits per heavy atom. The highest BCUT2D eigenvalue weighted by Gasteiger charge is 2.57. The van der Waals surface area contributed by atoms with Gasteiger partial charge in [-0.25, -0.2) is 0 Å². The number of fused-ring (bicyclic) bond motifs is 3. The zero-order valence-electron chi connectivity index (χ0n) is 16.5. The third-order valence-electron chi connectivity index (χ3n) is 6.43. The van der Waals surface area contributed by atoms with Crippen LogP contribution < -0.4 is 20.1 Å². The van der Waals surface area contributed by atoms with Crippen molar-refractivity contribution in [3.63, 3.8) is 0 Å². The van der Waals surface area contributed by atoms with Gasteiger partial charge >= 0.3 is 0 Å². The number of carbonyl (C=O) groups is 2. The van der Waals surface area contributed by atoms with Gasteiger partial charge in [0.15, 0.2) is 5.72 Å². The van der Waals surface area contributed by atoms with E-state index in [1.807, 2.05) is 0 Å². The van der Waals surface area contributed by atoms with Crippen LogP contribution in [0.3, 0.4) is 0 Å². The van der Waals surface area contributed by atoms with Gasteiger partial charge in [-0.05, 0) is 43.7 Å². The highest BCUT2D eigenvalue weighted by atomic mass is 16.5. The van der Waals surface area contributed by atoms with Gasteiger partial charge in [-0.2, -0.15) is 0 Å². The van der Waals surface area contributed by atoms with E-state index in [1.54, 1.807) is 32.4 Å². The molecule has 1 aromatic rings. The lowest BCUT2D eigenvalue weighted by Gasteiger charge is -2.55. The van der Waals surface area contributed by atoms with Crippen LogP contribution in [0.25, 0.3) is 0 Å². The average molecular weight is 388 g/mol. The first-order chi connectivity index (χ1) is 13.6. The smallest absolute Gasteiger partial charge is 0.258 e. The molecule has 4 aliphatic rings. The molecule has 7 nitrogen and oxygen atoms in total. The van der Waals surface area contributed by atoms with E-state index in [9.17, 15) is 9.59 Å². The summed E-state index contributed by atoms with van der Waals surface area (Å²) >= 11 is 0. The fourth-order valence-electron chi connectivity index (χ4n) is 5.00. The molecule has 2 N–H and O–H groups in total. The van der Waals surface area contributed by atoms with Crippen LogP contribution in [0.1, 0.15) is 42.5 Å². The monoisotopic (exact) mass is 388 g/mol. The summed E-state index contributed by atoms with van der Waals surface area (Å²) in [6.07, 6.45) is 4.16. The fraction of sp³-hybridized carbons (Fsp3) is 0.619. The van der Waals surface area contributed by atoms with Gasteiger partial charge in [0.2, 0.25) is 5.91 Å². The molecule has 1 aromatic carbocycles. The summed E-state index contributed by atoms with van der Waals surface area (Å²) in [6.45, 7) is 1.27. The number of ether oxygens (including phenoxy) is 3. The van der Waals surface area contributed by atoms with Crippen LogP contribution in [0.2, 0.25) is 0 Å². The normalized spacial score (nSPS) is 30.4. The summed E-state index contributed by atoms with van der Waals surface area (Å²) in [4.78, 5) is 25.4. The number of nitrogens with one attached hydrogen (secondary N) is 2. The zero-order valence-corrected chi connectivity index (χ0v) is 16.5. The van der Waals surface area contributed by atoms with E-state index in [-0.39, 0.29) is 29.6 Å². The van der Waals surface area contributed by atoms with Crippen molar-refractivity contribution in [3.05, 3.63) is 23.8 Å². The Balaban J connectivity index is 1.48. The van der Waals surface area contributed by atoms with Crippen LogP contribution in [0.5, 0.6) is 11.5 Å². The number of hydrogen-bond acceptors (Lipinski definition) is 5. The van der Waals surface area contributed by atoms with E-state index < -0.39 is 5.72 Å². The number of rotatable bonds is 6. The minimum absolute atomic E-state index is 0.0147. The second kappa shape index (κ2) is 7.62. The molecule has 0 radical (unpaired) electrons. The molecular formula is C21H28N2O5. The predicted octanol–water partition coefficient (Wildman–Crippen LogP) is 2.10. The van der Waals surface area contributed by atoms with Crippen LogP contribution >= 0.6 is 0 Å². The van der Waals surface area contributed by atoms with Crippen LogP contribution in [-0.2, 0) is 9.53 Å². The third-order valence-corrected chi connectivity index (χ3v) is 6.43. The lowest BCUT2D eigenvalue weighted by molar-refractivity contribution is -0.146. The minimum Gasteiger partial charge on any atom is -0.497 e. The van der Waals surface area contributed by atoms with E-state index in [0.717, 1.165) is 25.7 Å². The van der Waals surface area contributed by atoms with E-state index >= 15 is 0 Å². The summed E-state index contributed by atoms with van der Waals surface area (Å²) in [6, 6.07) is 5.27. The Morgan fingerprint density at radius 3 is 2.93 bits per heavy atom. The Bertz CT molecular complexity index is 767. The Hall–Kier alpha value is -2.28. The number of amides is 2. The molecular weight excluding hydrogens is 360 g/mol. The van der Waals surface area contributed by atoms with Crippen LogP contribution in [0, 0.1) is 17.8 Å². The largest absolute Gasteiger partial charge is 0.497 e. The standard InChI is InChI=1S/C21H28N2O5/c1-26-9-3-8-22-19(24)17-10-14-5-4-13(17)12-21(14)23-20(25)16-7-6-15(27-2)11-18(16)28-21/h6-7,11,13-14,17H,3-5,8-10,12H2,1-2H3,(H,22,24)(H,23,25)/t13-,14+,17-,21+/m1/s1. The van der Waals surface area contributed by atoms with Crippen molar-refractivity contribution in [3.8, 4) is 11.5 Å². The van der Waals surface area contributed by atoms with Gasteiger partial charge in [0.25, 0.3) is 5.91 Å². The van der Waals surface area contributed by atoms with Crippen molar-refractivity contribution >= 4 is 11.8 Å². The maximum atomic E-state index is 12.7. The second-order valence-corrected chi connectivity index (χ2v) is 8.03. The molecule has 3 saturated carbocycles. The first kappa shape index (κ1) is 19.1. The maximum Gasteiger partial charge on any atom is 0.258 e. The molecule has 28 heavy (non-hydrogen) atoms. The molecule has 3 aliphatic carbocycles. The fourth-order valence-corrected chi connectivity index (χ4v) is 5.00. The number of hydrogen-bond donors (Lipinski definition) is 2. The maximum absolute atomic E-state index is 12.7.